The molecular weight excluding hydrogens is 304 g/mol. The van der Waals surface area contributed by atoms with Gasteiger partial charge in [-0.3, -0.25) is 13.9 Å². The molecule has 0 aliphatic rings. The summed E-state index contributed by atoms with van der Waals surface area (Å²) in [6.07, 6.45) is 0. The summed E-state index contributed by atoms with van der Waals surface area (Å²) in [5.74, 6) is 0.183. The molecule has 2 aromatic rings. The molecule has 0 radical (unpaired) electrons. The van der Waals surface area contributed by atoms with Crippen molar-refractivity contribution >= 4 is 17.4 Å². The van der Waals surface area contributed by atoms with Gasteiger partial charge in [0.2, 0.25) is 0 Å². The summed E-state index contributed by atoms with van der Waals surface area (Å²) in [5.41, 5.74) is -0.429. The summed E-state index contributed by atoms with van der Waals surface area (Å²) in [6, 6.07) is 8.82. The molecule has 0 spiro atoms. The zero-order valence-electron chi connectivity index (χ0n) is 12.4. The highest BCUT2D eigenvalue weighted by atomic mass is 35.5. The molecule has 0 saturated carbocycles. The molecular formula is C15H15ClN4O2. The van der Waals surface area contributed by atoms with E-state index in [1.54, 1.807) is 6.07 Å². The van der Waals surface area contributed by atoms with E-state index < -0.39 is 11.2 Å². The van der Waals surface area contributed by atoms with Crippen LogP contribution in [0.25, 0.3) is 0 Å². The van der Waals surface area contributed by atoms with Crippen LogP contribution >= 0.6 is 11.6 Å². The van der Waals surface area contributed by atoms with Gasteiger partial charge in [0.05, 0.1) is 6.04 Å². The van der Waals surface area contributed by atoms with Crippen LogP contribution in [0, 0.1) is 11.3 Å². The number of nitrogens with one attached hydrogen (secondary N) is 1. The van der Waals surface area contributed by atoms with Gasteiger partial charge in [0.1, 0.15) is 11.9 Å². The average Bonchev–Trinajstić information content (AvgIpc) is 2.51. The fourth-order valence-corrected chi connectivity index (χ4v) is 2.52. The number of anilines is 1. The Labute approximate surface area is 132 Å². The summed E-state index contributed by atoms with van der Waals surface area (Å²) < 4.78 is 2.15. The maximum atomic E-state index is 12.0. The fourth-order valence-electron chi connectivity index (χ4n) is 2.22. The lowest BCUT2D eigenvalue weighted by Crippen LogP contribution is -2.40. The molecule has 2 rings (SSSR count). The topological polar surface area (TPSA) is 79.8 Å². The van der Waals surface area contributed by atoms with Gasteiger partial charge in [0, 0.05) is 19.1 Å². The molecule has 1 heterocycles. The molecule has 0 saturated heterocycles. The lowest BCUT2D eigenvalue weighted by atomic mass is 10.1. The van der Waals surface area contributed by atoms with E-state index >= 15 is 0 Å². The molecule has 22 heavy (non-hydrogen) atoms. The third-order valence-electron chi connectivity index (χ3n) is 3.50. The van der Waals surface area contributed by atoms with E-state index in [1.165, 1.54) is 18.7 Å². The Bertz CT molecular complexity index is 877. The first kappa shape index (κ1) is 15.9. The molecule has 0 fully saturated rings. The number of nitriles is 1. The van der Waals surface area contributed by atoms with Crippen molar-refractivity contribution in [2.45, 2.75) is 13.0 Å². The summed E-state index contributed by atoms with van der Waals surface area (Å²) >= 11 is 6.15. The van der Waals surface area contributed by atoms with Crippen molar-refractivity contribution in [2.24, 2.45) is 14.1 Å². The molecule has 0 aliphatic carbocycles. The van der Waals surface area contributed by atoms with E-state index in [1.807, 2.05) is 31.2 Å². The third kappa shape index (κ3) is 2.63. The maximum Gasteiger partial charge on any atom is 0.332 e. The first-order chi connectivity index (χ1) is 10.4. The molecule has 0 bridgehead atoms. The van der Waals surface area contributed by atoms with Crippen molar-refractivity contribution in [1.29, 1.82) is 5.26 Å². The van der Waals surface area contributed by atoms with Crippen molar-refractivity contribution in [3.05, 3.63) is 61.3 Å². The van der Waals surface area contributed by atoms with Crippen LogP contribution in [0.2, 0.25) is 5.02 Å². The van der Waals surface area contributed by atoms with E-state index in [-0.39, 0.29) is 17.4 Å². The minimum Gasteiger partial charge on any atom is -0.364 e. The predicted octanol–water partition coefficient (Wildman–Crippen LogP) is 1.78. The number of halogens is 1. The van der Waals surface area contributed by atoms with Gasteiger partial charge in [-0.05, 0) is 18.6 Å². The Morgan fingerprint density at radius 2 is 1.86 bits per heavy atom. The Kier molecular flexibility index (Phi) is 4.38. The lowest BCUT2D eigenvalue weighted by molar-refractivity contribution is 0.678. The summed E-state index contributed by atoms with van der Waals surface area (Å²) in [7, 11) is 2.84. The Morgan fingerprint density at radius 3 is 2.45 bits per heavy atom. The molecule has 7 heteroatoms. The van der Waals surface area contributed by atoms with E-state index in [0.29, 0.717) is 5.02 Å². The zero-order valence-corrected chi connectivity index (χ0v) is 13.2. The highest BCUT2D eigenvalue weighted by molar-refractivity contribution is 6.31. The first-order valence-corrected chi connectivity index (χ1v) is 6.97. The molecule has 6 nitrogen and oxygen atoms in total. The largest absolute Gasteiger partial charge is 0.364 e. The minimum absolute atomic E-state index is 0.108. The van der Waals surface area contributed by atoms with Gasteiger partial charge in [0.25, 0.3) is 5.56 Å². The van der Waals surface area contributed by atoms with E-state index in [4.69, 9.17) is 11.6 Å². The molecule has 114 valence electrons. The summed E-state index contributed by atoms with van der Waals surface area (Å²) in [5, 5.41) is 12.8. The van der Waals surface area contributed by atoms with Crippen LogP contribution in [0.5, 0.6) is 0 Å². The Hall–Kier alpha value is -2.52. The SMILES string of the molecule is C[C@@H](Nc1c(C#N)c(=O)n(C)c(=O)n1C)c1ccccc1Cl. The van der Waals surface area contributed by atoms with Crippen LogP contribution in [0.3, 0.4) is 0 Å². The Morgan fingerprint density at radius 1 is 1.23 bits per heavy atom. The minimum atomic E-state index is -0.626. The number of hydrogen-bond acceptors (Lipinski definition) is 4. The first-order valence-electron chi connectivity index (χ1n) is 6.59. The number of aromatic nitrogens is 2. The molecule has 1 N–H and O–H groups in total. The van der Waals surface area contributed by atoms with Crippen LogP contribution in [-0.2, 0) is 14.1 Å². The second-order valence-corrected chi connectivity index (χ2v) is 5.34. The van der Waals surface area contributed by atoms with Crippen molar-refractivity contribution in [3.8, 4) is 6.07 Å². The number of hydrogen-bond donors (Lipinski definition) is 1. The summed E-state index contributed by atoms with van der Waals surface area (Å²) in [6.45, 7) is 1.84. The van der Waals surface area contributed by atoms with Gasteiger partial charge < -0.3 is 5.32 Å². The van der Waals surface area contributed by atoms with Crippen molar-refractivity contribution in [2.75, 3.05) is 5.32 Å². The average molecular weight is 319 g/mol. The van der Waals surface area contributed by atoms with Crippen molar-refractivity contribution in [3.63, 3.8) is 0 Å². The molecule has 0 aliphatic heterocycles. The number of nitrogens with zero attached hydrogens (tertiary/aromatic N) is 3. The van der Waals surface area contributed by atoms with Gasteiger partial charge in [-0.1, -0.05) is 29.8 Å². The third-order valence-corrected chi connectivity index (χ3v) is 3.85. The molecule has 1 aromatic heterocycles. The van der Waals surface area contributed by atoms with Crippen molar-refractivity contribution in [1.82, 2.24) is 9.13 Å². The van der Waals surface area contributed by atoms with Crippen LogP contribution in [0.4, 0.5) is 5.82 Å². The van der Waals surface area contributed by atoms with E-state index in [9.17, 15) is 14.9 Å². The standard InChI is InChI=1S/C15H15ClN4O2/c1-9(10-6-4-5-7-12(10)16)18-13-11(8-17)14(21)20(3)15(22)19(13)2/h4-7,9,18H,1-3H3/t9-/m1/s1. The van der Waals surface area contributed by atoms with Crippen LogP contribution in [0.15, 0.2) is 33.9 Å². The molecule has 1 aromatic carbocycles. The van der Waals surface area contributed by atoms with Gasteiger partial charge in [-0.15, -0.1) is 0 Å². The fraction of sp³-hybridized carbons (Fsp3) is 0.267. The number of rotatable bonds is 3. The molecule has 0 amide bonds. The van der Waals surface area contributed by atoms with Gasteiger partial charge in [-0.25, -0.2) is 4.79 Å². The zero-order chi connectivity index (χ0) is 16.4. The van der Waals surface area contributed by atoms with E-state index in [2.05, 4.69) is 5.32 Å². The molecule has 1 atom stereocenters. The predicted molar refractivity (Wildman–Crippen MR) is 85.1 cm³/mol. The van der Waals surface area contributed by atoms with Crippen molar-refractivity contribution < 1.29 is 0 Å². The monoisotopic (exact) mass is 318 g/mol. The molecule has 0 unspecified atom stereocenters. The van der Waals surface area contributed by atoms with Crippen LogP contribution in [-0.4, -0.2) is 9.13 Å². The highest BCUT2D eigenvalue weighted by Gasteiger charge is 2.18. The smallest absolute Gasteiger partial charge is 0.332 e. The van der Waals surface area contributed by atoms with Gasteiger partial charge in [0.15, 0.2) is 5.56 Å². The van der Waals surface area contributed by atoms with Gasteiger partial charge >= 0.3 is 5.69 Å². The van der Waals surface area contributed by atoms with Crippen LogP contribution < -0.4 is 16.6 Å². The lowest BCUT2D eigenvalue weighted by Gasteiger charge is -2.20. The second-order valence-electron chi connectivity index (χ2n) is 4.93. The normalized spacial score (nSPS) is 11.8. The Balaban J connectivity index is 2.56. The second kappa shape index (κ2) is 6.08. The van der Waals surface area contributed by atoms with E-state index in [0.717, 1.165) is 10.1 Å². The quantitative estimate of drug-likeness (QED) is 0.935. The summed E-state index contributed by atoms with van der Waals surface area (Å²) in [4.78, 5) is 24.1. The maximum absolute atomic E-state index is 12.0. The van der Waals surface area contributed by atoms with Crippen LogP contribution in [0.1, 0.15) is 24.1 Å². The number of benzene rings is 1. The highest BCUT2D eigenvalue weighted by Crippen LogP contribution is 2.25. The van der Waals surface area contributed by atoms with Gasteiger partial charge in [-0.2, -0.15) is 5.26 Å².